The van der Waals surface area contributed by atoms with E-state index in [1.807, 2.05) is 6.92 Å². The van der Waals surface area contributed by atoms with Crippen molar-refractivity contribution in [2.45, 2.75) is 76.8 Å². The van der Waals surface area contributed by atoms with E-state index in [1.165, 1.54) is 12.7 Å². The predicted octanol–water partition coefficient (Wildman–Crippen LogP) is 4.08. The number of rotatable bonds is 3. The van der Waals surface area contributed by atoms with Crippen LogP contribution in [0.1, 0.15) is 45.4 Å². The van der Waals surface area contributed by atoms with E-state index in [2.05, 4.69) is 26.2 Å². The van der Waals surface area contributed by atoms with Crippen molar-refractivity contribution in [3.8, 4) is 0 Å². The van der Waals surface area contributed by atoms with Crippen LogP contribution in [0.3, 0.4) is 0 Å². The molecule has 4 aliphatic carbocycles. The van der Waals surface area contributed by atoms with Crippen molar-refractivity contribution in [2.75, 3.05) is 7.11 Å². The first-order chi connectivity index (χ1) is 13.5. The molecule has 8 atom stereocenters. The second-order valence-electron chi connectivity index (χ2n) is 11.5. The Hall–Kier alpha value is -1.14. The van der Waals surface area contributed by atoms with E-state index < -0.39 is 19.3 Å². The van der Waals surface area contributed by atoms with Crippen LogP contribution >= 0.6 is 0 Å². The molecule has 6 heteroatoms. The van der Waals surface area contributed by atoms with E-state index in [4.69, 9.17) is 13.9 Å². The van der Waals surface area contributed by atoms with E-state index in [0.29, 0.717) is 5.92 Å². The van der Waals surface area contributed by atoms with Gasteiger partial charge in [-0.05, 0) is 70.5 Å². The summed E-state index contributed by atoms with van der Waals surface area (Å²) in [7, 11) is -0.260. The maximum Gasteiger partial charge on any atom is 0.312 e. The van der Waals surface area contributed by atoms with Gasteiger partial charge in [-0.2, -0.15) is 0 Å². The number of carbonyl (C=O) groups is 2. The average Bonchev–Trinajstić information content (AvgIpc) is 3.08. The highest BCUT2D eigenvalue weighted by atomic mass is 28.4. The number of carbonyl (C=O) groups excluding carboxylic acids is 2. The molecule has 4 bridgehead atoms. The van der Waals surface area contributed by atoms with Crippen LogP contribution in [-0.4, -0.2) is 39.1 Å². The molecule has 0 aromatic carbocycles. The summed E-state index contributed by atoms with van der Waals surface area (Å²) < 4.78 is 18.4. The normalized spacial score (nSPS) is 50.2. The number of esters is 2. The van der Waals surface area contributed by atoms with Crippen molar-refractivity contribution in [2.24, 2.45) is 34.5 Å². The van der Waals surface area contributed by atoms with Gasteiger partial charge in [-0.15, -0.1) is 0 Å². The number of methoxy groups -OCH3 is 1. The van der Waals surface area contributed by atoms with Crippen LogP contribution in [-0.2, 0) is 23.5 Å². The van der Waals surface area contributed by atoms with Crippen LogP contribution in [0, 0.1) is 34.5 Å². The van der Waals surface area contributed by atoms with Crippen molar-refractivity contribution >= 4 is 20.3 Å². The summed E-state index contributed by atoms with van der Waals surface area (Å²) in [5.74, 6) is -0.206. The first-order valence-electron chi connectivity index (χ1n) is 11.2. The third-order valence-electron chi connectivity index (χ3n) is 9.02. The molecule has 0 N–H and O–H groups in total. The Morgan fingerprint density at radius 2 is 2.00 bits per heavy atom. The molecular weight excluding hydrogens is 384 g/mol. The molecule has 1 aliphatic heterocycles. The Morgan fingerprint density at radius 3 is 2.66 bits per heavy atom. The minimum atomic E-state index is -1.74. The van der Waals surface area contributed by atoms with Gasteiger partial charge in [0, 0.05) is 17.8 Å². The summed E-state index contributed by atoms with van der Waals surface area (Å²) in [6.45, 7) is 13.2. The summed E-state index contributed by atoms with van der Waals surface area (Å²) in [5.41, 5.74) is -0.116. The molecule has 1 heterocycles. The summed E-state index contributed by atoms with van der Waals surface area (Å²) >= 11 is 0. The van der Waals surface area contributed by atoms with Gasteiger partial charge in [0.1, 0.15) is 5.60 Å². The lowest BCUT2D eigenvalue weighted by Crippen LogP contribution is -2.50. The molecular formula is C23H34O5Si. The Morgan fingerprint density at radius 1 is 1.28 bits per heavy atom. The molecule has 160 valence electrons. The zero-order chi connectivity index (χ0) is 21.0. The molecule has 4 unspecified atom stereocenters. The standard InChI is InChI=1S/C23H34O5Si/c1-13-11-22-12-14(13)15(28-29(4,5)6)10-16(22)23-9-7-8-21(2,20(25)27-23)18(23)17(22)19(24)26-3/h14-18H,1,7-12H2,2-6H3/t14-,15+,16?,17?,18?,21?,22+,23-/m1/s1. The van der Waals surface area contributed by atoms with Gasteiger partial charge in [-0.3, -0.25) is 9.59 Å². The second kappa shape index (κ2) is 5.76. The Balaban J connectivity index is 1.66. The van der Waals surface area contributed by atoms with Crippen LogP contribution < -0.4 is 0 Å². The molecule has 1 spiro atoms. The fourth-order valence-corrected chi connectivity index (χ4v) is 9.52. The largest absolute Gasteiger partial charge is 0.469 e. The van der Waals surface area contributed by atoms with Crippen molar-refractivity contribution in [3.05, 3.63) is 12.2 Å². The molecule has 0 aromatic heterocycles. The van der Waals surface area contributed by atoms with E-state index >= 15 is 0 Å². The third kappa shape index (κ3) is 2.30. The molecule has 5 aliphatic rings. The zero-order valence-corrected chi connectivity index (χ0v) is 19.4. The predicted molar refractivity (Wildman–Crippen MR) is 110 cm³/mol. The Labute approximate surface area is 174 Å². The molecule has 1 saturated heterocycles. The molecule has 0 radical (unpaired) electrons. The molecule has 0 aromatic rings. The topological polar surface area (TPSA) is 61.8 Å². The van der Waals surface area contributed by atoms with Gasteiger partial charge in [0.2, 0.25) is 0 Å². The maximum absolute atomic E-state index is 13.2. The lowest BCUT2D eigenvalue weighted by molar-refractivity contribution is -0.163. The van der Waals surface area contributed by atoms with Crippen LogP contribution in [0.4, 0.5) is 0 Å². The van der Waals surface area contributed by atoms with Crippen LogP contribution in [0.2, 0.25) is 19.6 Å². The summed E-state index contributed by atoms with van der Waals surface area (Å²) in [5, 5.41) is 0. The summed E-state index contributed by atoms with van der Waals surface area (Å²) in [4.78, 5) is 26.3. The smallest absolute Gasteiger partial charge is 0.312 e. The highest BCUT2D eigenvalue weighted by Gasteiger charge is 2.82. The van der Waals surface area contributed by atoms with E-state index in [0.717, 1.165) is 38.5 Å². The second-order valence-corrected chi connectivity index (χ2v) is 16.0. The highest BCUT2D eigenvalue weighted by Crippen LogP contribution is 2.78. The van der Waals surface area contributed by atoms with Crippen LogP contribution in [0.25, 0.3) is 0 Å². The quantitative estimate of drug-likeness (QED) is 0.393. The Kier molecular flexibility index (Phi) is 3.93. The summed E-state index contributed by atoms with van der Waals surface area (Å²) in [6.07, 6.45) is 5.36. The number of ether oxygens (including phenoxy) is 2. The Bertz CT molecular complexity index is 802. The van der Waals surface area contributed by atoms with Gasteiger partial charge in [0.15, 0.2) is 8.32 Å². The molecule has 5 rings (SSSR count). The van der Waals surface area contributed by atoms with E-state index in [9.17, 15) is 9.59 Å². The third-order valence-corrected chi connectivity index (χ3v) is 10.0. The van der Waals surface area contributed by atoms with Gasteiger partial charge >= 0.3 is 11.9 Å². The summed E-state index contributed by atoms with van der Waals surface area (Å²) in [6, 6.07) is 0. The van der Waals surface area contributed by atoms with Crippen molar-refractivity contribution in [3.63, 3.8) is 0 Å². The van der Waals surface area contributed by atoms with Gasteiger partial charge in [-0.1, -0.05) is 12.2 Å². The van der Waals surface area contributed by atoms with Gasteiger partial charge in [0.25, 0.3) is 0 Å². The average molecular weight is 419 g/mol. The van der Waals surface area contributed by atoms with Gasteiger partial charge < -0.3 is 13.9 Å². The van der Waals surface area contributed by atoms with E-state index in [1.54, 1.807) is 0 Å². The van der Waals surface area contributed by atoms with Crippen molar-refractivity contribution < 1.29 is 23.5 Å². The van der Waals surface area contributed by atoms with Crippen LogP contribution in [0.15, 0.2) is 12.2 Å². The lowest BCUT2D eigenvalue weighted by Gasteiger charge is -2.47. The van der Waals surface area contributed by atoms with Crippen molar-refractivity contribution in [1.29, 1.82) is 0 Å². The number of hydrogen-bond donors (Lipinski definition) is 0. The van der Waals surface area contributed by atoms with Gasteiger partial charge in [0.05, 0.1) is 24.5 Å². The van der Waals surface area contributed by atoms with Gasteiger partial charge in [-0.25, -0.2) is 0 Å². The maximum atomic E-state index is 13.2. The monoisotopic (exact) mass is 418 g/mol. The number of fused-ring (bicyclic) bond motifs is 1. The SMILES string of the molecule is C=C1C[C@]23C[C@H]1[C@@H](O[Si](C)(C)C)CC2[C@@]12CCCC(C)(C(=O)O1)C2C3C(=O)OC. The molecule has 5 nitrogen and oxygen atoms in total. The first kappa shape index (κ1) is 19.8. The lowest BCUT2D eigenvalue weighted by atomic mass is 9.60. The fourth-order valence-electron chi connectivity index (χ4n) is 8.35. The molecule has 5 fully saturated rings. The molecule has 29 heavy (non-hydrogen) atoms. The molecule has 0 amide bonds. The number of hydrogen-bond acceptors (Lipinski definition) is 5. The van der Waals surface area contributed by atoms with Crippen LogP contribution in [0.5, 0.6) is 0 Å². The van der Waals surface area contributed by atoms with Crippen molar-refractivity contribution in [1.82, 2.24) is 0 Å². The fraction of sp³-hybridized carbons (Fsp3) is 0.826. The highest BCUT2D eigenvalue weighted by molar-refractivity contribution is 6.69. The minimum Gasteiger partial charge on any atom is -0.469 e. The molecule has 4 saturated carbocycles. The zero-order valence-electron chi connectivity index (χ0n) is 18.4. The van der Waals surface area contributed by atoms with E-state index in [-0.39, 0.29) is 41.2 Å². The first-order valence-corrected chi connectivity index (χ1v) is 14.6. The minimum absolute atomic E-state index is 0.0918.